The van der Waals surface area contributed by atoms with Gasteiger partial charge in [-0.2, -0.15) is 0 Å². The number of benzene rings is 5. The standard InChI is InChI=1S/C45H38N2/c1-33-13-10-16-37-17-12-24-44(45(33)37)47(39-20-6-3-7-21-39)41-31-27-35(28-32-41)34-25-29-40(30-26-34)46(38-18-4-2-5-19-38)43-23-11-15-36-14-8-9-22-42(36)43/h2-29,31-33,40,45H,30H2,1H3. The Kier molecular flexibility index (Phi) is 7.77. The normalized spacial score (nSPS) is 19.9. The number of fused-ring (bicyclic) bond motifs is 2. The van der Waals surface area contributed by atoms with E-state index in [4.69, 9.17) is 0 Å². The van der Waals surface area contributed by atoms with Gasteiger partial charge in [-0.25, -0.2) is 0 Å². The summed E-state index contributed by atoms with van der Waals surface area (Å²) in [6, 6.07) is 46.2. The van der Waals surface area contributed by atoms with Crippen LogP contribution in [0, 0.1) is 11.8 Å². The topological polar surface area (TPSA) is 6.48 Å². The Morgan fingerprint density at radius 1 is 0.596 bits per heavy atom. The van der Waals surface area contributed by atoms with E-state index in [1.807, 2.05) is 0 Å². The summed E-state index contributed by atoms with van der Waals surface area (Å²) in [6.45, 7) is 2.32. The molecule has 5 aromatic carbocycles. The Morgan fingerprint density at radius 2 is 1.30 bits per heavy atom. The molecule has 0 fully saturated rings. The number of nitrogens with zero attached hydrogens (tertiary/aromatic N) is 2. The molecular formula is C45H38N2. The highest BCUT2D eigenvalue weighted by atomic mass is 15.2. The maximum atomic E-state index is 2.49. The van der Waals surface area contributed by atoms with Crippen LogP contribution in [0.25, 0.3) is 16.3 Å². The predicted molar refractivity (Wildman–Crippen MR) is 200 cm³/mol. The van der Waals surface area contributed by atoms with Gasteiger partial charge < -0.3 is 9.80 Å². The lowest BCUT2D eigenvalue weighted by Gasteiger charge is -2.38. The van der Waals surface area contributed by atoms with E-state index >= 15 is 0 Å². The molecule has 8 rings (SSSR count). The first-order valence-electron chi connectivity index (χ1n) is 16.7. The van der Waals surface area contributed by atoms with Crippen LogP contribution in [-0.2, 0) is 0 Å². The third-order valence-electron chi connectivity index (χ3n) is 9.66. The third-order valence-corrected chi connectivity index (χ3v) is 9.66. The van der Waals surface area contributed by atoms with E-state index in [2.05, 4.69) is 199 Å². The zero-order valence-corrected chi connectivity index (χ0v) is 26.7. The van der Waals surface area contributed by atoms with Crippen molar-refractivity contribution in [3.8, 4) is 0 Å². The lowest BCUT2D eigenvalue weighted by atomic mass is 9.78. The smallest absolute Gasteiger partial charge is 0.0560 e. The number of hydrogen-bond donors (Lipinski definition) is 0. The molecule has 0 amide bonds. The fraction of sp³-hybridized carbons (Fsp3) is 0.111. The average molecular weight is 607 g/mol. The van der Waals surface area contributed by atoms with Crippen molar-refractivity contribution in [1.29, 1.82) is 0 Å². The summed E-state index contributed by atoms with van der Waals surface area (Å²) in [5.74, 6) is 0.742. The van der Waals surface area contributed by atoms with E-state index in [9.17, 15) is 0 Å². The summed E-state index contributed by atoms with van der Waals surface area (Å²) >= 11 is 0. The van der Waals surface area contributed by atoms with Crippen LogP contribution in [-0.4, -0.2) is 6.04 Å². The van der Waals surface area contributed by atoms with Crippen molar-refractivity contribution in [2.75, 3.05) is 9.80 Å². The van der Waals surface area contributed by atoms with Gasteiger partial charge in [-0.05, 0) is 83.0 Å². The van der Waals surface area contributed by atoms with Gasteiger partial charge in [0.1, 0.15) is 0 Å². The molecule has 5 aromatic rings. The molecule has 0 aromatic heterocycles. The fourth-order valence-electron chi connectivity index (χ4n) is 7.39. The Morgan fingerprint density at radius 3 is 2.06 bits per heavy atom. The quantitative estimate of drug-likeness (QED) is 0.182. The van der Waals surface area contributed by atoms with Crippen LogP contribution in [0.1, 0.15) is 18.9 Å². The zero-order chi connectivity index (χ0) is 31.6. The van der Waals surface area contributed by atoms with Crippen molar-refractivity contribution in [2.45, 2.75) is 19.4 Å². The van der Waals surface area contributed by atoms with Gasteiger partial charge in [-0.3, -0.25) is 0 Å². The van der Waals surface area contributed by atoms with Crippen LogP contribution in [0.5, 0.6) is 0 Å². The molecular weight excluding hydrogens is 569 g/mol. The van der Waals surface area contributed by atoms with Crippen LogP contribution in [0.3, 0.4) is 0 Å². The maximum absolute atomic E-state index is 2.49. The molecule has 3 unspecified atom stereocenters. The van der Waals surface area contributed by atoms with Gasteiger partial charge in [0, 0.05) is 39.8 Å². The Bertz CT molecular complexity index is 2070. The molecule has 0 saturated carbocycles. The van der Waals surface area contributed by atoms with Gasteiger partial charge >= 0.3 is 0 Å². The van der Waals surface area contributed by atoms with Crippen molar-refractivity contribution in [3.05, 3.63) is 199 Å². The van der Waals surface area contributed by atoms with E-state index < -0.39 is 0 Å². The molecule has 0 saturated heterocycles. The number of allylic oxidation sites excluding steroid dienone is 9. The Balaban J connectivity index is 1.09. The minimum absolute atomic E-state index is 0.208. The molecule has 2 nitrogen and oxygen atoms in total. The van der Waals surface area contributed by atoms with E-state index in [0.717, 1.165) is 6.42 Å². The first-order valence-corrected chi connectivity index (χ1v) is 16.7. The molecule has 2 heteroatoms. The van der Waals surface area contributed by atoms with Gasteiger partial charge in [-0.1, -0.05) is 140 Å². The van der Waals surface area contributed by atoms with Gasteiger partial charge in [0.15, 0.2) is 0 Å². The van der Waals surface area contributed by atoms with Crippen LogP contribution >= 0.6 is 0 Å². The van der Waals surface area contributed by atoms with E-state index in [1.165, 1.54) is 55.9 Å². The van der Waals surface area contributed by atoms with E-state index in [1.54, 1.807) is 0 Å². The van der Waals surface area contributed by atoms with Gasteiger partial charge in [0.2, 0.25) is 0 Å². The predicted octanol–water partition coefficient (Wildman–Crippen LogP) is 11.7. The minimum Gasteiger partial charge on any atom is -0.334 e. The number of anilines is 4. The summed E-state index contributed by atoms with van der Waals surface area (Å²) in [5, 5.41) is 2.53. The summed E-state index contributed by atoms with van der Waals surface area (Å²) in [6.07, 6.45) is 21.5. The summed E-state index contributed by atoms with van der Waals surface area (Å²) in [7, 11) is 0. The number of hydrogen-bond acceptors (Lipinski definition) is 2. The summed E-state index contributed by atoms with van der Waals surface area (Å²) in [4.78, 5) is 4.92. The zero-order valence-electron chi connectivity index (χ0n) is 26.7. The van der Waals surface area contributed by atoms with Crippen LogP contribution in [0.2, 0.25) is 0 Å². The van der Waals surface area contributed by atoms with Gasteiger partial charge in [0.05, 0.1) is 6.04 Å². The van der Waals surface area contributed by atoms with Crippen molar-refractivity contribution < 1.29 is 0 Å². The first kappa shape index (κ1) is 28.8. The second kappa shape index (κ2) is 12.7. The van der Waals surface area contributed by atoms with Gasteiger partial charge in [0.25, 0.3) is 0 Å². The molecule has 3 aliphatic carbocycles. The summed E-state index contributed by atoms with van der Waals surface area (Å²) in [5.41, 5.74) is 9.97. The largest absolute Gasteiger partial charge is 0.334 e. The SMILES string of the molecule is CC1C=CC=C2C=CC=C(N(c3ccccc3)c3ccc(C4=CCC(N(c5ccccc5)c5cccc6ccccc56)C=C4)cc3)C21. The van der Waals surface area contributed by atoms with Crippen LogP contribution < -0.4 is 9.80 Å². The van der Waals surface area contributed by atoms with Crippen LogP contribution in [0.4, 0.5) is 22.7 Å². The molecule has 47 heavy (non-hydrogen) atoms. The van der Waals surface area contributed by atoms with Crippen LogP contribution in [0.15, 0.2) is 193 Å². The monoisotopic (exact) mass is 606 g/mol. The Labute approximate surface area is 278 Å². The maximum Gasteiger partial charge on any atom is 0.0560 e. The molecule has 0 N–H and O–H groups in total. The average Bonchev–Trinajstić information content (AvgIpc) is 3.14. The molecule has 0 aliphatic heterocycles. The second-order valence-electron chi connectivity index (χ2n) is 12.6. The fourth-order valence-corrected chi connectivity index (χ4v) is 7.39. The van der Waals surface area contributed by atoms with Crippen molar-refractivity contribution in [2.24, 2.45) is 11.8 Å². The molecule has 0 heterocycles. The highest BCUT2D eigenvalue weighted by Gasteiger charge is 2.31. The number of para-hydroxylation sites is 2. The highest BCUT2D eigenvalue weighted by molar-refractivity contribution is 5.96. The van der Waals surface area contributed by atoms with E-state index in [-0.39, 0.29) is 6.04 Å². The first-order chi connectivity index (χ1) is 23.2. The summed E-state index contributed by atoms with van der Waals surface area (Å²) < 4.78 is 0. The lowest BCUT2D eigenvalue weighted by molar-refractivity contribution is 0.546. The molecule has 0 spiro atoms. The van der Waals surface area contributed by atoms with Crippen molar-refractivity contribution >= 4 is 39.1 Å². The minimum atomic E-state index is 0.208. The molecule has 228 valence electrons. The van der Waals surface area contributed by atoms with Gasteiger partial charge in [-0.15, -0.1) is 0 Å². The van der Waals surface area contributed by atoms with Crippen molar-refractivity contribution in [1.82, 2.24) is 0 Å². The van der Waals surface area contributed by atoms with E-state index in [0.29, 0.717) is 11.8 Å². The lowest BCUT2D eigenvalue weighted by Crippen LogP contribution is -2.30. The molecule has 3 aliphatic rings. The molecule has 0 bridgehead atoms. The third kappa shape index (κ3) is 5.57. The van der Waals surface area contributed by atoms with Crippen molar-refractivity contribution in [3.63, 3.8) is 0 Å². The second-order valence-corrected chi connectivity index (χ2v) is 12.6. The molecule has 3 atom stereocenters. The number of rotatable bonds is 7. The Hall–Kier alpha value is -5.60. The highest BCUT2D eigenvalue weighted by Crippen LogP contribution is 2.43. The molecule has 0 radical (unpaired) electrons.